The number of carbonyl (C=O) groups excluding carboxylic acids is 2. The maximum Gasteiger partial charge on any atom is 0.251 e. The molecule has 2 amide bonds. The maximum atomic E-state index is 12.8. The van der Waals surface area contributed by atoms with Gasteiger partial charge in [0.05, 0.1) is 6.54 Å². The highest BCUT2D eigenvalue weighted by Crippen LogP contribution is 2.38. The van der Waals surface area contributed by atoms with E-state index in [2.05, 4.69) is 21.6 Å². The lowest BCUT2D eigenvalue weighted by Gasteiger charge is -2.39. The van der Waals surface area contributed by atoms with E-state index >= 15 is 0 Å². The summed E-state index contributed by atoms with van der Waals surface area (Å²) in [6.45, 7) is 7.32. The zero-order valence-corrected chi connectivity index (χ0v) is 18.1. The van der Waals surface area contributed by atoms with Crippen molar-refractivity contribution < 1.29 is 9.59 Å². The van der Waals surface area contributed by atoms with E-state index in [1.165, 1.54) is 24.0 Å². The molecule has 0 aromatic heterocycles. The Hall–Kier alpha value is -1.88. The Morgan fingerprint density at radius 3 is 2.52 bits per heavy atom. The quantitative estimate of drug-likeness (QED) is 0.803. The molecule has 5 heteroatoms. The summed E-state index contributed by atoms with van der Waals surface area (Å²) in [5.74, 6) is 0.720. The van der Waals surface area contributed by atoms with E-state index in [9.17, 15) is 9.59 Å². The molecule has 158 valence electrons. The van der Waals surface area contributed by atoms with E-state index in [1.54, 1.807) is 0 Å². The number of rotatable bonds is 5. The molecule has 0 saturated carbocycles. The monoisotopic (exact) mass is 397 g/mol. The Balaban J connectivity index is 1.30. The summed E-state index contributed by atoms with van der Waals surface area (Å²) in [5.41, 5.74) is 3.29. The van der Waals surface area contributed by atoms with Gasteiger partial charge in [0.1, 0.15) is 0 Å². The normalized spacial score (nSPS) is 26.2. The number of fused-ring (bicyclic) bond motifs is 3. The molecule has 0 unspecified atom stereocenters. The van der Waals surface area contributed by atoms with Crippen molar-refractivity contribution in [1.82, 2.24) is 15.5 Å². The Bertz CT molecular complexity index is 769. The van der Waals surface area contributed by atoms with E-state index in [0.717, 1.165) is 44.2 Å². The molecule has 1 aromatic carbocycles. The van der Waals surface area contributed by atoms with Crippen LogP contribution in [0.15, 0.2) is 18.2 Å². The van der Waals surface area contributed by atoms with Crippen LogP contribution in [0.3, 0.4) is 0 Å². The highest BCUT2D eigenvalue weighted by Gasteiger charge is 2.41. The SMILES string of the molecule is CC(C)(C)NC(=O)CN1[C@@H]2CC[C@H]1C[C@H](CNC(=O)c1cccc3c1CCC3)C2. The zero-order valence-electron chi connectivity index (χ0n) is 18.1. The van der Waals surface area contributed by atoms with Gasteiger partial charge in [-0.15, -0.1) is 0 Å². The van der Waals surface area contributed by atoms with Crippen molar-refractivity contribution in [3.05, 3.63) is 34.9 Å². The van der Waals surface area contributed by atoms with Crippen LogP contribution < -0.4 is 10.6 Å². The average molecular weight is 398 g/mol. The minimum Gasteiger partial charge on any atom is -0.352 e. The lowest BCUT2D eigenvalue weighted by atomic mass is 9.90. The van der Waals surface area contributed by atoms with Gasteiger partial charge in [0.25, 0.3) is 5.91 Å². The summed E-state index contributed by atoms with van der Waals surface area (Å²) >= 11 is 0. The molecule has 0 spiro atoms. The number of amides is 2. The van der Waals surface area contributed by atoms with Gasteiger partial charge in [0.2, 0.25) is 5.91 Å². The van der Waals surface area contributed by atoms with E-state index < -0.39 is 0 Å². The van der Waals surface area contributed by atoms with Gasteiger partial charge < -0.3 is 10.6 Å². The van der Waals surface area contributed by atoms with Crippen LogP contribution in [0, 0.1) is 5.92 Å². The van der Waals surface area contributed by atoms with Gasteiger partial charge in [-0.2, -0.15) is 0 Å². The molecule has 2 heterocycles. The standard InChI is InChI=1S/C24H35N3O2/c1-24(2,3)26-22(28)15-27-18-10-11-19(27)13-16(12-18)14-25-23(29)21-9-5-7-17-6-4-8-20(17)21/h5,7,9,16,18-19H,4,6,8,10-15H2,1-3H3,(H,25,29)(H,26,28)/t16-,18-,19+. The average Bonchev–Trinajstić information content (AvgIpc) is 3.20. The maximum absolute atomic E-state index is 12.8. The number of aryl methyl sites for hydroxylation is 1. The molecule has 3 aliphatic rings. The summed E-state index contributed by atoms with van der Waals surface area (Å²) in [5, 5.41) is 6.30. The number of benzene rings is 1. The Labute approximate surface area is 174 Å². The number of piperidine rings is 1. The molecule has 0 radical (unpaired) electrons. The highest BCUT2D eigenvalue weighted by atomic mass is 16.2. The first kappa shape index (κ1) is 20.4. The van der Waals surface area contributed by atoms with Gasteiger partial charge in [-0.1, -0.05) is 12.1 Å². The molecule has 2 saturated heterocycles. The number of hydrogen-bond acceptors (Lipinski definition) is 3. The Morgan fingerprint density at radius 2 is 1.83 bits per heavy atom. The molecule has 5 nitrogen and oxygen atoms in total. The van der Waals surface area contributed by atoms with Crippen molar-refractivity contribution in [3.8, 4) is 0 Å². The van der Waals surface area contributed by atoms with Gasteiger partial charge in [-0.25, -0.2) is 0 Å². The van der Waals surface area contributed by atoms with Crippen LogP contribution in [0.4, 0.5) is 0 Å². The molecule has 3 atom stereocenters. The third-order valence-electron chi connectivity index (χ3n) is 6.76. The molecule has 2 fully saturated rings. The van der Waals surface area contributed by atoms with Gasteiger partial charge in [0, 0.05) is 29.7 Å². The largest absolute Gasteiger partial charge is 0.352 e. The van der Waals surface area contributed by atoms with Crippen LogP contribution in [-0.2, 0) is 17.6 Å². The van der Waals surface area contributed by atoms with Crippen LogP contribution in [-0.4, -0.2) is 47.4 Å². The lowest BCUT2D eigenvalue weighted by Crippen LogP contribution is -2.52. The van der Waals surface area contributed by atoms with Crippen LogP contribution in [0.1, 0.15) is 74.4 Å². The number of carbonyl (C=O) groups is 2. The third-order valence-corrected chi connectivity index (χ3v) is 6.76. The summed E-state index contributed by atoms with van der Waals surface area (Å²) in [7, 11) is 0. The predicted octanol–water partition coefficient (Wildman–Crippen LogP) is 3.06. The smallest absolute Gasteiger partial charge is 0.251 e. The first-order chi connectivity index (χ1) is 13.8. The van der Waals surface area contributed by atoms with Gasteiger partial charge in [-0.05, 0) is 88.8 Å². The second-order valence-electron chi connectivity index (χ2n) is 10.2. The zero-order chi connectivity index (χ0) is 20.6. The van der Waals surface area contributed by atoms with Crippen LogP contribution in [0.2, 0.25) is 0 Å². The van der Waals surface area contributed by atoms with Crippen LogP contribution >= 0.6 is 0 Å². The lowest BCUT2D eigenvalue weighted by molar-refractivity contribution is -0.125. The fourth-order valence-electron chi connectivity index (χ4n) is 5.60. The topological polar surface area (TPSA) is 61.4 Å². The van der Waals surface area contributed by atoms with Gasteiger partial charge in [0.15, 0.2) is 0 Å². The minimum atomic E-state index is -0.184. The fourth-order valence-corrected chi connectivity index (χ4v) is 5.60. The number of nitrogens with one attached hydrogen (secondary N) is 2. The molecule has 2 N–H and O–H groups in total. The van der Waals surface area contributed by atoms with Crippen molar-refractivity contribution >= 4 is 11.8 Å². The second-order valence-corrected chi connectivity index (χ2v) is 10.2. The van der Waals surface area contributed by atoms with E-state index in [4.69, 9.17) is 0 Å². The predicted molar refractivity (Wildman–Crippen MR) is 115 cm³/mol. The van der Waals surface area contributed by atoms with E-state index in [-0.39, 0.29) is 17.4 Å². The van der Waals surface area contributed by atoms with Crippen LogP contribution in [0.5, 0.6) is 0 Å². The van der Waals surface area contributed by atoms with Crippen molar-refractivity contribution in [2.75, 3.05) is 13.1 Å². The third kappa shape index (κ3) is 4.66. The molecule has 2 bridgehead atoms. The Kier molecular flexibility index (Phi) is 5.69. The molecule has 1 aliphatic carbocycles. The second kappa shape index (κ2) is 8.10. The molecular formula is C24H35N3O2. The fraction of sp³-hybridized carbons (Fsp3) is 0.667. The van der Waals surface area contributed by atoms with Crippen molar-refractivity contribution in [2.45, 2.75) is 83.3 Å². The first-order valence-corrected chi connectivity index (χ1v) is 11.3. The molecule has 2 aliphatic heterocycles. The highest BCUT2D eigenvalue weighted by molar-refractivity contribution is 5.96. The minimum absolute atomic E-state index is 0.0862. The Morgan fingerprint density at radius 1 is 1.10 bits per heavy atom. The van der Waals surface area contributed by atoms with Crippen LogP contribution in [0.25, 0.3) is 0 Å². The number of nitrogens with zero attached hydrogens (tertiary/aromatic N) is 1. The summed E-state index contributed by atoms with van der Waals surface area (Å²) < 4.78 is 0. The van der Waals surface area contributed by atoms with Crippen molar-refractivity contribution in [3.63, 3.8) is 0 Å². The number of hydrogen-bond donors (Lipinski definition) is 2. The van der Waals surface area contributed by atoms with Crippen molar-refractivity contribution in [1.29, 1.82) is 0 Å². The molecular weight excluding hydrogens is 362 g/mol. The van der Waals surface area contributed by atoms with E-state index in [1.807, 2.05) is 32.9 Å². The molecule has 1 aromatic rings. The van der Waals surface area contributed by atoms with Gasteiger partial charge >= 0.3 is 0 Å². The molecule has 4 rings (SSSR count). The molecule has 29 heavy (non-hydrogen) atoms. The first-order valence-electron chi connectivity index (χ1n) is 11.3. The summed E-state index contributed by atoms with van der Waals surface area (Å²) in [4.78, 5) is 27.6. The summed E-state index contributed by atoms with van der Waals surface area (Å²) in [6.07, 6.45) is 7.77. The van der Waals surface area contributed by atoms with Crippen molar-refractivity contribution in [2.24, 2.45) is 5.92 Å². The summed E-state index contributed by atoms with van der Waals surface area (Å²) in [6, 6.07) is 7.09. The van der Waals surface area contributed by atoms with Gasteiger partial charge in [-0.3, -0.25) is 14.5 Å². The van der Waals surface area contributed by atoms with E-state index in [0.29, 0.717) is 24.5 Å².